The van der Waals surface area contributed by atoms with Crippen LogP contribution in [0.1, 0.15) is 84.5 Å². The molecule has 0 aliphatic heterocycles. The zero-order chi connectivity index (χ0) is 19.2. The molecule has 26 heavy (non-hydrogen) atoms. The quantitative estimate of drug-likeness (QED) is 0.313. The molecule has 2 saturated carbocycles. The molecule has 0 aromatic rings. The van der Waals surface area contributed by atoms with E-state index in [1.54, 1.807) is 0 Å². The second kappa shape index (κ2) is 10.3. The van der Waals surface area contributed by atoms with Crippen molar-refractivity contribution >= 4 is 0 Å². The van der Waals surface area contributed by atoms with Gasteiger partial charge in [0.2, 0.25) is 0 Å². The molecule has 2 rings (SSSR count). The molecule has 5 heteroatoms. The second-order valence-electron chi connectivity index (χ2n) is 8.37. The predicted molar refractivity (Wildman–Crippen MR) is 97.1 cm³/mol. The van der Waals surface area contributed by atoms with Gasteiger partial charge in [-0.25, -0.2) is 17.6 Å². The number of ether oxygens (including phenoxy) is 1. The summed E-state index contributed by atoms with van der Waals surface area (Å²) in [6, 6.07) is 0. The van der Waals surface area contributed by atoms with Crippen LogP contribution in [0.4, 0.5) is 17.6 Å². The van der Waals surface area contributed by atoms with E-state index in [4.69, 9.17) is 4.74 Å². The Bertz CT molecular complexity index is 395. The van der Waals surface area contributed by atoms with E-state index in [0.29, 0.717) is 51.6 Å². The molecule has 0 radical (unpaired) electrons. The van der Waals surface area contributed by atoms with E-state index in [9.17, 15) is 17.6 Å². The Morgan fingerprint density at radius 2 is 1.50 bits per heavy atom. The van der Waals surface area contributed by atoms with Gasteiger partial charge in [0.05, 0.1) is 6.10 Å². The average molecular weight is 381 g/mol. The molecular weight excluding hydrogens is 344 g/mol. The number of hydrogen-bond acceptors (Lipinski definition) is 1. The van der Waals surface area contributed by atoms with Crippen molar-refractivity contribution in [3.05, 3.63) is 0 Å². The summed E-state index contributed by atoms with van der Waals surface area (Å²) in [5.74, 6) is -3.48. The maximum absolute atomic E-state index is 14.7. The van der Waals surface area contributed by atoms with Gasteiger partial charge in [-0.15, -0.1) is 0 Å². The first-order chi connectivity index (χ1) is 12.4. The first-order valence-corrected chi connectivity index (χ1v) is 10.7. The summed E-state index contributed by atoms with van der Waals surface area (Å²) in [6.45, 7) is 4.44. The first-order valence-electron chi connectivity index (χ1n) is 10.7. The molecule has 1 nitrogen and oxygen atoms in total. The van der Waals surface area contributed by atoms with E-state index >= 15 is 0 Å². The number of hydrogen-bond donors (Lipinski definition) is 0. The number of rotatable bonds is 9. The van der Waals surface area contributed by atoms with Crippen LogP contribution < -0.4 is 0 Å². The van der Waals surface area contributed by atoms with Crippen LogP contribution in [0.25, 0.3) is 0 Å². The number of unbranched alkanes of at least 4 members (excludes halogenated alkanes) is 2. The van der Waals surface area contributed by atoms with Gasteiger partial charge < -0.3 is 4.74 Å². The van der Waals surface area contributed by atoms with Gasteiger partial charge in [-0.3, -0.25) is 0 Å². The Hall–Kier alpha value is -0.320. The SMILES string of the molecule is CCCCOC1CCC(C2CCC(C(F)(F)CCCC)CC2)C(F)C1F. The summed E-state index contributed by atoms with van der Waals surface area (Å²) in [4.78, 5) is 0. The van der Waals surface area contributed by atoms with Gasteiger partial charge >= 0.3 is 0 Å². The molecule has 2 fully saturated rings. The summed E-state index contributed by atoms with van der Waals surface area (Å²) in [6.07, 6.45) is 2.62. The van der Waals surface area contributed by atoms with E-state index in [0.717, 1.165) is 19.3 Å². The van der Waals surface area contributed by atoms with E-state index in [2.05, 4.69) is 0 Å². The third kappa shape index (κ3) is 5.59. The van der Waals surface area contributed by atoms with Gasteiger partial charge in [-0.2, -0.15) is 0 Å². The van der Waals surface area contributed by atoms with Crippen LogP contribution in [0, 0.1) is 17.8 Å². The lowest BCUT2D eigenvalue weighted by Crippen LogP contribution is -2.46. The first kappa shape index (κ1) is 22.0. The largest absolute Gasteiger partial charge is 0.375 e. The highest BCUT2D eigenvalue weighted by Gasteiger charge is 2.47. The topological polar surface area (TPSA) is 9.23 Å². The van der Waals surface area contributed by atoms with Crippen LogP contribution in [0.15, 0.2) is 0 Å². The lowest BCUT2D eigenvalue weighted by atomic mass is 9.68. The van der Waals surface area contributed by atoms with Crippen molar-refractivity contribution in [1.82, 2.24) is 0 Å². The molecule has 0 heterocycles. The molecule has 0 bridgehead atoms. The zero-order valence-corrected chi connectivity index (χ0v) is 16.4. The van der Waals surface area contributed by atoms with Crippen LogP contribution in [-0.4, -0.2) is 31.0 Å². The van der Waals surface area contributed by atoms with E-state index < -0.39 is 30.3 Å². The summed E-state index contributed by atoms with van der Waals surface area (Å²) < 4.78 is 63.2. The number of alkyl halides is 4. The molecule has 2 aliphatic rings. The maximum atomic E-state index is 14.7. The summed E-state index contributed by atoms with van der Waals surface area (Å²) >= 11 is 0. The van der Waals surface area contributed by atoms with Gasteiger partial charge in [0.15, 0.2) is 6.17 Å². The highest BCUT2D eigenvalue weighted by atomic mass is 19.3. The van der Waals surface area contributed by atoms with Crippen LogP contribution in [0.2, 0.25) is 0 Å². The van der Waals surface area contributed by atoms with Gasteiger partial charge in [0.25, 0.3) is 5.92 Å². The fraction of sp³-hybridized carbons (Fsp3) is 1.00. The second-order valence-corrected chi connectivity index (χ2v) is 8.37. The Kier molecular flexibility index (Phi) is 8.69. The molecular formula is C21H36F4O. The Balaban J connectivity index is 1.82. The average Bonchev–Trinajstić information content (AvgIpc) is 2.64. The molecule has 0 spiro atoms. The van der Waals surface area contributed by atoms with Crippen molar-refractivity contribution in [1.29, 1.82) is 0 Å². The zero-order valence-electron chi connectivity index (χ0n) is 16.4. The normalized spacial score (nSPS) is 36.2. The van der Waals surface area contributed by atoms with E-state index in [-0.39, 0.29) is 18.3 Å². The standard InChI is InChI=1S/C21H36F4O/c1-3-5-13-21(24,25)16-9-7-15(8-10-16)17-11-12-18(20(23)19(17)22)26-14-6-4-2/h15-20H,3-14H2,1-2H3. The molecule has 4 unspecified atom stereocenters. The van der Waals surface area contributed by atoms with Crippen molar-refractivity contribution in [3.8, 4) is 0 Å². The fourth-order valence-corrected chi connectivity index (χ4v) is 4.75. The Labute approximate surface area is 156 Å². The molecule has 0 aromatic carbocycles. The molecule has 2 aliphatic carbocycles. The lowest BCUT2D eigenvalue weighted by molar-refractivity contribution is -0.104. The van der Waals surface area contributed by atoms with E-state index in [1.807, 2.05) is 13.8 Å². The van der Waals surface area contributed by atoms with Crippen molar-refractivity contribution < 1.29 is 22.3 Å². The Morgan fingerprint density at radius 3 is 2.12 bits per heavy atom. The van der Waals surface area contributed by atoms with Crippen LogP contribution in [0.3, 0.4) is 0 Å². The number of halogens is 4. The van der Waals surface area contributed by atoms with Crippen LogP contribution in [0.5, 0.6) is 0 Å². The van der Waals surface area contributed by atoms with Crippen LogP contribution in [-0.2, 0) is 4.74 Å². The highest BCUT2D eigenvalue weighted by molar-refractivity contribution is 4.94. The molecule has 0 aromatic heterocycles. The molecule has 4 atom stereocenters. The minimum atomic E-state index is -2.61. The van der Waals surface area contributed by atoms with Crippen LogP contribution >= 0.6 is 0 Å². The lowest BCUT2D eigenvalue weighted by Gasteiger charge is -2.42. The fourth-order valence-electron chi connectivity index (χ4n) is 4.75. The molecule has 0 saturated heterocycles. The van der Waals surface area contributed by atoms with Gasteiger partial charge in [-0.05, 0) is 63.2 Å². The predicted octanol–water partition coefficient (Wildman–Crippen LogP) is 6.89. The monoisotopic (exact) mass is 380 g/mol. The van der Waals surface area contributed by atoms with E-state index in [1.165, 1.54) is 0 Å². The van der Waals surface area contributed by atoms with Gasteiger partial charge in [0, 0.05) is 18.9 Å². The van der Waals surface area contributed by atoms with Crippen molar-refractivity contribution in [2.75, 3.05) is 6.61 Å². The summed E-state index contributed by atoms with van der Waals surface area (Å²) in [5.41, 5.74) is 0. The molecule has 0 N–H and O–H groups in total. The molecule has 0 amide bonds. The summed E-state index contributed by atoms with van der Waals surface area (Å²) in [7, 11) is 0. The molecule has 154 valence electrons. The summed E-state index contributed by atoms with van der Waals surface area (Å²) in [5, 5.41) is 0. The third-order valence-electron chi connectivity index (χ3n) is 6.52. The van der Waals surface area contributed by atoms with Crippen molar-refractivity contribution in [2.45, 2.75) is 109 Å². The smallest absolute Gasteiger partial charge is 0.250 e. The highest BCUT2D eigenvalue weighted by Crippen LogP contribution is 2.47. The Morgan fingerprint density at radius 1 is 0.846 bits per heavy atom. The van der Waals surface area contributed by atoms with Gasteiger partial charge in [0.1, 0.15) is 6.17 Å². The third-order valence-corrected chi connectivity index (χ3v) is 6.52. The van der Waals surface area contributed by atoms with Crippen molar-refractivity contribution in [3.63, 3.8) is 0 Å². The minimum Gasteiger partial charge on any atom is -0.375 e. The van der Waals surface area contributed by atoms with Gasteiger partial charge in [-0.1, -0.05) is 26.7 Å². The minimum absolute atomic E-state index is 0.0399. The maximum Gasteiger partial charge on any atom is 0.250 e. The van der Waals surface area contributed by atoms with Crippen molar-refractivity contribution in [2.24, 2.45) is 17.8 Å².